The van der Waals surface area contributed by atoms with Crippen LogP contribution in [0.2, 0.25) is 0 Å². The molecule has 0 fully saturated rings. The predicted molar refractivity (Wildman–Crippen MR) is 59.5 cm³/mol. The van der Waals surface area contributed by atoms with Crippen LogP contribution in [0.1, 0.15) is 40.0 Å². The SMILES string of the molecule is CCC(C)OCCCC(C)(CO)NC. The molecule has 2 N–H and O–H groups in total. The van der Waals surface area contributed by atoms with Crippen LogP contribution in [0.25, 0.3) is 0 Å². The first kappa shape index (κ1) is 13.9. The summed E-state index contributed by atoms with van der Waals surface area (Å²) in [6.07, 6.45) is 3.34. The van der Waals surface area contributed by atoms with Crippen LogP contribution in [0, 0.1) is 0 Å². The largest absolute Gasteiger partial charge is 0.394 e. The fourth-order valence-electron chi connectivity index (χ4n) is 1.15. The van der Waals surface area contributed by atoms with E-state index in [0.29, 0.717) is 6.10 Å². The van der Waals surface area contributed by atoms with Gasteiger partial charge in [-0.3, -0.25) is 0 Å². The molecule has 0 radical (unpaired) electrons. The van der Waals surface area contributed by atoms with E-state index in [9.17, 15) is 0 Å². The van der Waals surface area contributed by atoms with E-state index in [1.54, 1.807) is 0 Å². The molecule has 86 valence electrons. The molecule has 0 amide bonds. The molecule has 0 spiro atoms. The van der Waals surface area contributed by atoms with Crippen molar-refractivity contribution in [3.8, 4) is 0 Å². The quantitative estimate of drug-likeness (QED) is 0.588. The van der Waals surface area contributed by atoms with E-state index in [1.807, 2.05) is 14.0 Å². The second-order valence-electron chi connectivity index (χ2n) is 4.16. The molecule has 0 aromatic rings. The van der Waals surface area contributed by atoms with Crippen LogP contribution >= 0.6 is 0 Å². The molecule has 3 heteroatoms. The maximum Gasteiger partial charge on any atom is 0.0610 e. The molecule has 0 heterocycles. The number of aliphatic hydroxyl groups is 1. The van der Waals surface area contributed by atoms with Gasteiger partial charge in [0.15, 0.2) is 0 Å². The van der Waals surface area contributed by atoms with Gasteiger partial charge in [-0.25, -0.2) is 0 Å². The number of likely N-dealkylation sites (N-methyl/N-ethyl adjacent to an activating group) is 1. The van der Waals surface area contributed by atoms with Gasteiger partial charge >= 0.3 is 0 Å². The van der Waals surface area contributed by atoms with E-state index in [1.165, 1.54) is 0 Å². The molecule has 0 saturated carbocycles. The highest BCUT2D eigenvalue weighted by Gasteiger charge is 2.19. The summed E-state index contributed by atoms with van der Waals surface area (Å²) in [7, 11) is 1.88. The third-order valence-corrected chi connectivity index (χ3v) is 2.80. The summed E-state index contributed by atoms with van der Waals surface area (Å²) in [6, 6.07) is 0. The Morgan fingerprint density at radius 2 is 2.14 bits per heavy atom. The van der Waals surface area contributed by atoms with Gasteiger partial charge in [-0.15, -0.1) is 0 Å². The molecular weight excluding hydrogens is 178 g/mol. The van der Waals surface area contributed by atoms with Crippen molar-refractivity contribution in [2.75, 3.05) is 20.3 Å². The lowest BCUT2D eigenvalue weighted by molar-refractivity contribution is 0.0542. The normalized spacial score (nSPS) is 17.8. The number of aliphatic hydroxyl groups excluding tert-OH is 1. The Morgan fingerprint density at radius 3 is 2.57 bits per heavy atom. The first-order valence-corrected chi connectivity index (χ1v) is 5.49. The summed E-state index contributed by atoms with van der Waals surface area (Å²) < 4.78 is 5.57. The molecule has 0 aliphatic carbocycles. The molecule has 2 atom stereocenters. The van der Waals surface area contributed by atoms with Crippen LogP contribution in [0.3, 0.4) is 0 Å². The maximum atomic E-state index is 9.14. The average molecular weight is 203 g/mol. The molecule has 0 aromatic carbocycles. The molecule has 0 bridgehead atoms. The van der Waals surface area contributed by atoms with Crippen molar-refractivity contribution in [3.63, 3.8) is 0 Å². The summed E-state index contributed by atoms with van der Waals surface area (Å²) in [5, 5.41) is 12.3. The summed E-state index contributed by atoms with van der Waals surface area (Å²) in [5.41, 5.74) is -0.154. The summed E-state index contributed by atoms with van der Waals surface area (Å²) >= 11 is 0. The number of rotatable bonds is 8. The fourth-order valence-corrected chi connectivity index (χ4v) is 1.15. The maximum absolute atomic E-state index is 9.14. The summed E-state index contributed by atoms with van der Waals surface area (Å²) in [4.78, 5) is 0. The van der Waals surface area contributed by atoms with E-state index < -0.39 is 0 Å². The van der Waals surface area contributed by atoms with E-state index >= 15 is 0 Å². The smallest absolute Gasteiger partial charge is 0.0610 e. The third kappa shape index (κ3) is 5.58. The minimum absolute atomic E-state index is 0.154. The third-order valence-electron chi connectivity index (χ3n) is 2.80. The van der Waals surface area contributed by atoms with Crippen molar-refractivity contribution in [3.05, 3.63) is 0 Å². The molecule has 0 aromatic heterocycles. The summed E-state index contributed by atoms with van der Waals surface area (Å²) in [5.74, 6) is 0. The Hall–Kier alpha value is -0.120. The van der Waals surface area contributed by atoms with E-state index in [-0.39, 0.29) is 12.1 Å². The molecule has 14 heavy (non-hydrogen) atoms. The van der Waals surface area contributed by atoms with Gasteiger partial charge in [-0.05, 0) is 40.2 Å². The lowest BCUT2D eigenvalue weighted by Gasteiger charge is -2.26. The number of ether oxygens (including phenoxy) is 1. The molecule has 0 saturated heterocycles. The highest BCUT2D eigenvalue weighted by atomic mass is 16.5. The second kappa shape index (κ2) is 7.21. The fraction of sp³-hybridized carbons (Fsp3) is 1.00. The number of nitrogens with one attached hydrogen (secondary N) is 1. The van der Waals surface area contributed by atoms with E-state index in [2.05, 4.69) is 19.2 Å². The lowest BCUT2D eigenvalue weighted by atomic mass is 9.97. The Morgan fingerprint density at radius 1 is 1.50 bits per heavy atom. The van der Waals surface area contributed by atoms with E-state index in [4.69, 9.17) is 9.84 Å². The zero-order chi connectivity index (χ0) is 11.0. The van der Waals surface area contributed by atoms with Crippen molar-refractivity contribution in [1.82, 2.24) is 5.32 Å². The van der Waals surface area contributed by atoms with Crippen LogP contribution in [-0.4, -0.2) is 37.0 Å². The molecular formula is C11H25NO2. The first-order valence-electron chi connectivity index (χ1n) is 5.49. The molecule has 0 aliphatic rings. The minimum atomic E-state index is -0.154. The monoisotopic (exact) mass is 203 g/mol. The standard InChI is InChI=1S/C11H25NO2/c1-5-10(2)14-8-6-7-11(3,9-13)12-4/h10,12-13H,5-9H2,1-4H3. The molecule has 2 unspecified atom stereocenters. The average Bonchev–Trinajstić information content (AvgIpc) is 2.23. The van der Waals surface area contributed by atoms with Crippen LogP contribution in [0.5, 0.6) is 0 Å². The molecule has 0 aliphatic heterocycles. The van der Waals surface area contributed by atoms with Crippen LogP contribution in [-0.2, 0) is 4.74 Å². The summed E-state index contributed by atoms with van der Waals surface area (Å²) in [6.45, 7) is 7.19. The number of hydrogen-bond acceptors (Lipinski definition) is 3. The van der Waals surface area contributed by atoms with Gasteiger partial charge in [0.2, 0.25) is 0 Å². The Labute approximate surface area is 87.8 Å². The topological polar surface area (TPSA) is 41.5 Å². The van der Waals surface area contributed by atoms with Crippen LogP contribution in [0.4, 0.5) is 0 Å². The van der Waals surface area contributed by atoms with Crippen molar-refractivity contribution < 1.29 is 9.84 Å². The highest BCUT2D eigenvalue weighted by Crippen LogP contribution is 2.11. The van der Waals surface area contributed by atoms with Crippen LogP contribution in [0.15, 0.2) is 0 Å². The van der Waals surface area contributed by atoms with Gasteiger partial charge in [0.1, 0.15) is 0 Å². The molecule has 3 nitrogen and oxygen atoms in total. The minimum Gasteiger partial charge on any atom is -0.394 e. The van der Waals surface area contributed by atoms with Gasteiger partial charge < -0.3 is 15.2 Å². The van der Waals surface area contributed by atoms with Gasteiger partial charge in [-0.2, -0.15) is 0 Å². The Bertz CT molecular complexity index is 135. The Kier molecular flexibility index (Phi) is 7.15. The Balaban J connectivity index is 3.52. The highest BCUT2D eigenvalue weighted by molar-refractivity contribution is 4.79. The van der Waals surface area contributed by atoms with Crippen LogP contribution < -0.4 is 5.32 Å². The first-order chi connectivity index (χ1) is 6.58. The van der Waals surface area contributed by atoms with E-state index in [0.717, 1.165) is 25.9 Å². The second-order valence-corrected chi connectivity index (χ2v) is 4.16. The van der Waals surface area contributed by atoms with Crippen molar-refractivity contribution >= 4 is 0 Å². The van der Waals surface area contributed by atoms with Gasteiger partial charge in [0.05, 0.1) is 12.7 Å². The zero-order valence-electron chi connectivity index (χ0n) is 9.97. The predicted octanol–water partition coefficient (Wildman–Crippen LogP) is 1.55. The lowest BCUT2D eigenvalue weighted by Crippen LogP contribution is -2.43. The molecule has 0 rings (SSSR count). The number of hydrogen-bond donors (Lipinski definition) is 2. The van der Waals surface area contributed by atoms with Gasteiger partial charge in [-0.1, -0.05) is 6.92 Å². The van der Waals surface area contributed by atoms with Crippen molar-refractivity contribution in [2.24, 2.45) is 0 Å². The van der Waals surface area contributed by atoms with Crippen molar-refractivity contribution in [1.29, 1.82) is 0 Å². The van der Waals surface area contributed by atoms with Gasteiger partial charge in [0.25, 0.3) is 0 Å². The van der Waals surface area contributed by atoms with Gasteiger partial charge in [0, 0.05) is 12.1 Å². The zero-order valence-corrected chi connectivity index (χ0v) is 9.97. The van der Waals surface area contributed by atoms with Crippen molar-refractivity contribution in [2.45, 2.75) is 51.7 Å².